The number of hydrogen-bond acceptors (Lipinski definition) is 5. The largest absolute Gasteiger partial charge is 0.496 e. The van der Waals surface area contributed by atoms with Crippen molar-refractivity contribution in [3.05, 3.63) is 33.9 Å². The van der Waals surface area contributed by atoms with E-state index in [0.29, 0.717) is 13.1 Å². The van der Waals surface area contributed by atoms with E-state index in [-0.39, 0.29) is 22.9 Å². The zero-order valence-corrected chi connectivity index (χ0v) is 11.6. The molecule has 2 N–H and O–H groups in total. The highest BCUT2D eigenvalue weighted by molar-refractivity contribution is 5.97. The lowest BCUT2D eigenvalue weighted by Gasteiger charge is -2.09. The van der Waals surface area contributed by atoms with Crippen LogP contribution in [-0.4, -0.2) is 37.6 Å². The Morgan fingerprint density at radius 2 is 2.10 bits per heavy atom. The normalized spacial score (nSPS) is 10.1. The summed E-state index contributed by atoms with van der Waals surface area (Å²) in [6.45, 7) is 4.12. The van der Waals surface area contributed by atoms with Gasteiger partial charge in [0.15, 0.2) is 0 Å². The number of rotatable bonds is 8. The summed E-state index contributed by atoms with van der Waals surface area (Å²) in [4.78, 5) is 22.1. The van der Waals surface area contributed by atoms with Crippen LogP contribution in [0.1, 0.15) is 23.7 Å². The van der Waals surface area contributed by atoms with Gasteiger partial charge in [0.05, 0.1) is 23.7 Å². The number of nitrogens with one attached hydrogen (secondary N) is 2. The molecule has 0 fully saturated rings. The number of carbonyl (C=O) groups is 1. The van der Waals surface area contributed by atoms with Crippen LogP contribution in [0.15, 0.2) is 18.2 Å². The Labute approximate surface area is 117 Å². The predicted molar refractivity (Wildman–Crippen MR) is 75.1 cm³/mol. The zero-order chi connectivity index (χ0) is 15.0. The van der Waals surface area contributed by atoms with Gasteiger partial charge in [-0.05, 0) is 19.0 Å². The highest BCUT2D eigenvalue weighted by Gasteiger charge is 2.16. The van der Waals surface area contributed by atoms with Crippen molar-refractivity contribution in [1.29, 1.82) is 0 Å². The number of benzene rings is 1. The standard InChI is InChI=1S/C13H19N3O4/c1-3-6-14-7-8-15-13(17)11-5-4-10(16(18)19)9-12(11)20-2/h4-5,9,14H,3,6-8H2,1-2H3,(H,15,17). The number of nitro groups is 1. The molecule has 7 nitrogen and oxygen atoms in total. The summed E-state index contributed by atoms with van der Waals surface area (Å²) < 4.78 is 5.02. The average molecular weight is 281 g/mol. The average Bonchev–Trinajstić information content (AvgIpc) is 2.46. The molecule has 0 aliphatic carbocycles. The second-order valence-corrected chi connectivity index (χ2v) is 4.15. The molecule has 0 atom stereocenters. The summed E-state index contributed by atoms with van der Waals surface area (Å²) in [5, 5.41) is 16.6. The Morgan fingerprint density at radius 1 is 1.35 bits per heavy atom. The fraction of sp³-hybridized carbons (Fsp3) is 0.462. The van der Waals surface area contributed by atoms with Gasteiger partial charge in [0.1, 0.15) is 5.75 Å². The van der Waals surface area contributed by atoms with Crippen LogP contribution in [-0.2, 0) is 0 Å². The quantitative estimate of drug-likeness (QED) is 0.426. The molecule has 1 aromatic carbocycles. The van der Waals surface area contributed by atoms with Crippen molar-refractivity contribution in [3.63, 3.8) is 0 Å². The molecule has 0 heterocycles. The minimum Gasteiger partial charge on any atom is -0.496 e. The number of carbonyl (C=O) groups excluding carboxylic acids is 1. The Balaban J connectivity index is 2.65. The number of amides is 1. The third-order valence-electron chi connectivity index (χ3n) is 2.65. The van der Waals surface area contributed by atoms with Crippen LogP contribution < -0.4 is 15.4 Å². The van der Waals surface area contributed by atoms with Gasteiger partial charge in [-0.1, -0.05) is 6.92 Å². The van der Waals surface area contributed by atoms with E-state index >= 15 is 0 Å². The van der Waals surface area contributed by atoms with Crippen molar-refractivity contribution in [3.8, 4) is 5.75 Å². The maximum absolute atomic E-state index is 11.9. The molecule has 7 heteroatoms. The van der Waals surface area contributed by atoms with Crippen LogP contribution in [0.2, 0.25) is 0 Å². The fourth-order valence-corrected chi connectivity index (χ4v) is 1.64. The lowest BCUT2D eigenvalue weighted by atomic mass is 10.1. The van der Waals surface area contributed by atoms with Gasteiger partial charge in [-0.25, -0.2) is 0 Å². The molecule has 0 radical (unpaired) electrons. The van der Waals surface area contributed by atoms with Gasteiger partial charge in [-0.3, -0.25) is 14.9 Å². The minimum atomic E-state index is -0.529. The summed E-state index contributed by atoms with van der Waals surface area (Å²) in [5.41, 5.74) is 0.177. The van der Waals surface area contributed by atoms with Crippen LogP contribution in [0.4, 0.5) is 5.69 Å². The van der Waals surface area contributed by atoms with Crippen molar-refractivity contribution in [2.24, 2.45) is 0 Å². The highest BCUT2D eigenvalue weighted by Crippen LogP contribution is 2.24. The van der Waals surface area contributed by atoms with E-state index in [2.05, 4.69) is 17.6 Å². The summed E-state index contributed by atoms with van der Waals surface area (Å²) in [5.74, 6) is -0.117. The van der Waals surface area contributed by atoms with Crippen LogP contribution in [0, 0.1) is 10.1 Å². The van der Waals surface area contributed by atoms with E-state index in [4.69, 9.17) is 4.74 Å². The monoisotopic (exact) mass is 281 g/mol. The van der Waals surface area contributed by atoms with Gasteiger partial charge in [0.2, 0.25) is 0 Å². The smallest absolute Gasteiger partial charge is 0.273 e. The fourth-order valence-electron chi connectivity index (χ4n) is 1.64. The molecule has 0 unspecified atom stereocenters. The second-order valence-electron chi connectivity index (χ2n) is 4.15. The predicted octanol–water partition coefficient (Wildman–Crippen LogP) is 1.33. The Bertz CT molecular complexity index is 477. The first-order valence-electron chi connectivity index (χ1n) is 6.41. The molecule has 0 bridgehead atoms. The van der Waals surface area contributed by atoms with Crippen molar-refractivity contribution < 1.29 is 14.5 Å². The maximum atomic E-state index is 11.9. The first-order valence-corrected chi connectivity index (χ1v) is 6.41. The third kappa shape index (κ3) is 4.51. The molecule has 0 aliphatic heterocycles. The number of hydrogen-bond donors (Lipinski definition) is 2. The Hall–Kier alpha value is -2.15. The molecule has 20 heavy (non-hydrogen) atoms. The molecule has 1 rings (SSSR count). The molecule has 110 valence electrons. The minimum absolute atomic E-state index is 0.108. The topological polar surface area (TPSA) is 93.5 Å². The summed E-state index contributed by atoms with van der Waals surface area (Å²) >= 11 is 0. The summed E-state index contributed by atoms with van der Waals surface area (Å²) in [6.07, 6.45) is 1.03. The van der Waals surface area contributed by atoms with Gasteiger partial charge >= 0.3 is 0 Å². The molecular weight excluding hydrogens is 262 g/mol. The van der Waals surface area contributed by atoms with E-state index in [9.17, 15) is 14.9 Å². The van der Waals surface area contributed by atoms with E-state index in [1.54, 1.807) is 0 Å². The lowest BCUT2D eigenvalue weighted by Crippen LogP contribution is -2.32. The number of nitro benzene ring substituents is 1. The van der Waals surface area contributed by atoms with Gasteiger partial charge in [-0.15, -0.1) is 0 Å². The second kappa shape index (κ2) is 8.11. The Kier molecular flexibility index (Phi) is 6.45. The van der Waals surface area contributed by atoms with Gasteiger partial charge < -0.3 is 15.4 Å². The van der Waals surface area contributed by atoms with Crippen molar-refractivity contribution in [1.82, 2.24) is 10.6 Å². The molecule has 1 aromatic rings. The maximum Gasteiger partial charge on any atom is 0.273 e. The molecule has 0 aliphatic rings. The lowest BCUT2D eigenvalue weighted by molar-refractivity contribution is -0.384. The first-order chi connectivity index (χ1) is 9.60. The number of ether oxygens (including phenoxy) is 1. The number of nitrogens with zero attached hydrogens (tertiary/aromatic N) is 1. The summed E-state index contributed by atoms with van der Waals surface area (Å²) in [7, 11) is 1.37. The van der Waals surface area contributed by atoms with Crippen LogP contribution >= 0.6 is 0 Å². The number of non-ortho nitro benzene ring substituents is 1. The van der Waals surface area contributed by atoms with Crippen molar-refractivity contribution in [2.75, 3.05) is 26.7 Å². The first kappa shape index (κ1) is 15.9. The SMILES string of the molecule is CCCNCCNC(=O)c1ccc([N+](=O)[O-])cc1OC. The van der Waals surface area contributed by atoms with E-state index in [1.165, 1.54) is 25.3 Å². The zero-order valence-electron chi connectivity index (χ0n) is 11.6. The van der Waals surface area contributed by atoms with Gasteiger partial charge in [-0.2, -0.15) is 0 Å². The van der Waals surface area contributed by atoms with Gasteiger partial charge in [0, 0.05) is 19.2 Å². The molecule has 0 aromatic heterocycles. The number of methoxy groups -OCH3 is 1. The highest BCUT2D eigenvalue weighted by atomic mass is 16.6. The molecule has 0 saturated carbocycles. The van der Waals surface area contributed by atoms with Crippen molar-refractivity contribution >= 4 is 11.6 Å². The molecule has 0 spiro atoms. The van der Waals surface area contributed by atoms with E-state index < -0.39 is 4.92 Å². The molecular formula is C13H19N3O4. The molecule has 1 amide bonds. The summed E-state index contributed by atoms with van der Waals surface area (Å²) in [6, 6.07) is 3.92. The Morgan fingerprint density at radius 3 is 2.70 bits per heavy atom. The van der Waals surface area contributed by atoms with Gasteiger partial charge in [0.25, 0.3) is 11.6 Å². The van der Waals surface area contributed by atoms with Crippen molar-refractivity contribution in [2.45, 2.75) is 13.3 Å². The van der Waals surface area contributed by atoms with Crippen LogP contribution in [0.25, 0.3) is 0 Å². The molecule has 0 saturated heterocycles. The van der Waals surface area contributed by atoms with Crippen LogP contribution in [0.3, 0.4) is 0 Å². The van der Waals surface area contributed by atoms with E-state index in [0.717, 1.165) is 13.0 Å². The van der Waals surface area contributed by atoms with E-state index in [1.807, 2.05) is 0 Å². The van der Waals surface area contributed by atoms with Crippen LogP contribution in [0.5, 0.6) is 5.75 Å². The third-order valence-corrected chi connectivity index (χ3v) is 2.65.